The molecule has 2 aromatic carbocycles. The molecule has 0 saturated carbocycles. The summed E-state index contributed by atoms with van der Waals surface area (Å²) in [6.07, 6.45) is -0.181. The maximum Gasteiger partial charge on any atom is 0.303 e. The van der Waals surface area contributed by atoms with Crippen LogP contribution in [-0.2, 0) is 16.1 Å². The van der Waals surface area contributed by atoms with Crippen molar-refractivity contribution in [1.29, 1.82) is 0 Å². The summed E-state index contributed by atoms with van der Waals surface area (Å²) in [6.45, 7) is 5.30. The highest BCUT2D eigenvalue weighted by atomic mass is 16.5. The summed E-state index contributed by atoms with van der Waals surface area (Å²) in [6, 6.07) is 13.4. The first kappa shape index (κ1) is 20.3. The Hall–Kier alpha value is -3.02. The Balaban J connectivity index is 1.69. The summed E-state index contributed by atoms with van der Waals surface area (Å²) >= 11 is 0. The Morgan fingerprint density at radius 3 is 2.33 bits per heavy atom. The van der Waals surface area contributed by atoms with Gasteiger partial charge in [-0.1, -0.05) is 29.8 Å². The highest BCUT2D eigenvalue weighted by molar-refractivity contribution is 5.80. The third-order valence-corrected chi connectivity index (χ3v) is 3.92. The molecule has 2 aromatic rings. The number of rotatable bonds is 10. The minimum absolute atomic E-state index is 0.0169. The molecule has 0 aliphatic heterocycles. The van der Waals surface area contributed by atoms with Crippen LogP contribution >= 0.6 is 0 Å². The zero-order chi connectivity index (χ0) is 19.6. The van der Waals surface area contributed by atoms with Gasteiger partial charge < -0.3 is 19.9 Å². The number of ether oxygens (including phenoxy) is 2. The number of hydrogen-bond donors (Lipinski definition) is 2. The normalized spacial score (nSPS) is 10.3. The molecule has 0 unspecified atom stereocenters. The van der Waals surface area contributed by atoms with Crippen LogP contribution in [0.1, 0.15) is 29.5 Å². The molecule has 0 spiro atoms. The first-order valence-electron chi connectivity index (χ1n) is 8.84. The molecule has 0 radical (unpaired) electrons. The quantitative estimate of drug-likeness (QED) is 0.626. The van der Waals surface area contributed by atoms with Gasteiger partial charge in [-0.25, -0.2) is 0 Å². The molecule has 27 heavy (non-hydrogen) atoms. The van der Waals surface area contributed by atoms with E-state index < -0.39 is 5.97 Å². The topological polar surface area (TPSA) is 84.9 Å². The van der Waals surface area contributed by atoms with Crippen molar-refractivity contribution in [3.63, 3.8) is 0 Å². The van der Waals surface area contributed by atoms with Crippen molar-refractivity contribution >= 4 is 11.9 Å². The molecular weight excluding hydrogens is 346 g/mol. The van der Waals surface area contributed by atoms with Crippen molar-refractivity contribution in [3.8, 4) is 11.5 Å². The Morgan fingerprint density at radius 1 is 0.963 bits per heavy atom. The van der Waals surface area contributed by atoms with Crippen LogP contribution in [0, 0.1) is 13.8 Å². The second-order valence-electron chi connectivity index (χ2n) is 6.28. The third kappa shape index (κ3) is 7.40. The first-order valence-corrected chi connectivity index (χ1v) is 8.84. The van der Waals surface area contributed by atoms with Gasteiger partial charge >= 0.3 is 5.97 Å². The largest absolute Gasteiger partial charge is 0.490 e. The third-order valence-electron chi connectivity index (χ3n) is 3.92. The standard InChI is InChI=1S/C21H25NO5/c1-15-3-8-19(16(2)13-15)27-12-11-26-18-6-4-17(5-7-18)14-22-20(23)9-10-21(24)25/h3-8,13H,9-12,14H2,1-2H3,(H,22,23)(H,24,25). The van der Waals surface area contributed by atoms with Crippen LogP contribution in [0.5, 0.6) is 11.5 Å². The Labute approximate surface area is 159 Å². The molecule has 0 atom stereocenters. The summed E-state index contributed by atoms with van der Waals surface area (Å²) in [5.41, 5.74) is 3.22. The van der Waals surface area contributed by atoms with Crippen LogP contribution in [0.25, 0.3) is 0 Å². The Morgan fingerprint density at radius 2 is 1.67 bits per heavy atom. The molecule has 0 heterocycles. The van der Waals surface area contributed by atoms with E-state index in [4.69, 9.17) is 14.6 Å². The molecule has 0 saturated heterocycles. The summed E-state index contributed by atoms with van der Waals surface area (Å²) in [4.78, 5) is 21.9. The highest BCUT2D eigenvalue weighted by Crippen LogP contribution is 2.18. The van der Waals surface area contributed by atoms with Crippen molar-refractivity contribution in [1.82, 2.24) is 5.32 Å². The van der Waals surface area contributed by atoms with Gasteiger partial charge in [0.2, 0.25) is 5.91 Å². The van der Waals surface area contributed by atoms with Gasteiger partial charge in [-0.05, 0) is 43.2 Å². The minimum Gasteiger partial charge on any atom is -0.490 e. The lowest BCUT2D eigenvalue weighted by Gasteiger charge is -2.11. The smallest absolute Gasteiger partial charge is 0.303 e. The molecule has 6 nitrogen and oxygen atoms in total. The number of carbonyl (C=O) groups is 2. The molecular formula is C21H25NO5. The number of aryl methyl sites for hydroxylation is 2. The summed E-state index contributed by atoms with van der Waals surface area (Å²) in [7, 11) is 0. The molecule has 6 heteroatoms. The minimum atomic E-state index is -0.979. The van der Waals surface area contributed by atoms with E-state index >= 15 is 0 Å². The fourth-order valence-corrected chi connectivity index (χ4v) is 2.49. The molecule has 0 bridgehead atoms. The number of benzene rings is 2. The number of carboxylic acids is 1. The zero-order valence-corrected chi connectivity index (χ0v) is 15.7. The lowest BCUT2D eigenvalue weighted by Crippen LogP contribution is -2.23. The summed E-state index contributed by atoms with van der Waals surface area (Å²) in [5.74, 6) is 0.327. The van der Waals surface area contributed by atoms with Gasteiger partial charge in [0.15, 0.2) is 0 Å². The van der Waals surface area contributed by atoms with E-state index in [2.05, 4.69) is 11.4 Å². The predicted molar refractivity (Wildman–Crippen MR) is 102 cm³/mol. The van der Waals surface area contributed by atoms with Crippen LogP contribution < -0.4 is 14.8 Å². The van der Waals surface area contributed by atoms with E-state index in [1.54, 1.807) is 0 Å². The molecule has 0 aromatic heterocycles. The maximum absolute atomic E-state index is 11.5. The van der Waals surface area contributed by atoms with E-state index in [1.165, 1.54) is 5.56 Å². The summed E-state index contributed by atoms with van der Waals surface area (Å²) in [5, 5.41) is 11.2. The number of aliphatic carboxylic acids is 1. The van der Waals surface area contributed by atoms with Crippen molar-refractivity contribution < 1.29 is 24.2 Å². The lowest BCUT2D eigenvalue weighted by atomic mass is 10.1. The molecule has 1 amide bonds. The van der Waals surface area contributed by atoms with Crippen molar-refractivity contribution in [2.45, 2.75) is 33.2 Å². The fraction of sp³-hybridized carbons (Fsp3) is 0.333. The average Bonchev–Trinajstić information content (AvgIpc) is 2.64. The number of carbonyl (C=O) groups excluding carboxylic acids is 1. The highest BCUT2D eigenvalue weighted by Gasteiger charge is 2.05. The van der Waals surface area contributed by atoms with Crippen molar-refractivity contribution in [3.05, 3.63) is 59.2 Å². The van der Waals surface area contributed by atoms with Gasteiger partial charge in [-0.15, -0.1) is 0 Å². The van der Waals surface area contributed by atoms with Crippen LogP contribution in [-0.4, -0.2) is 30.2 Å². The van der Waals surface area contributed by atoms with E-state index in [0.717, 1.165) is 22.6 Å². The molecule has 2 rings (SSSR count). The monoisotopic (exact) mass is 371 g/mol. The van der Waals surface area contributed by atoms with Gasteiger partial charge in [0.05, 0.1) is 6.42 Å². The van der Waals surface area contributed by atoms with Crippen molar-refractivity contribution in [2.75, 3.05) is 13.2 Å². The SMILES string of the molecule is Cc1ccc(OCCOc2ccc(CNC(=O)CCC(=O)O)cc2)c(C)c1. The Bertz CT molecular complexity index is 771. The number of hydrogen-bond acceptors (Lipinski definition) is 4. The van der Waals surface area contributed by atoms with Crippen LogP contribution in [0.3, 0.4) is 0 Å². The molecule has 0 fully saturated rings. The molecule has 144 valence electrons. The summed E-state index contributed by atoms with van der Waals surface area (Å²) < 4.78 is 11.4. The first-order chi connectivity index (χ1) is 12.9. The maximum atomic E-state index is 11.5. The second kappa shape index (κ2) is 10.2. The number of amides is 1. The zero-order valence-electron chi connectivity index (χ0n) is 15.7. The molecule has 2 N–H and O–H groups in total. The Kier molecular flexibility index (Phi) is 7.67. The van der Waals surface area contributed by atoms with E-state index in [-0.39, 0.29) is 18.7 Å². The van der Waals surface area contributed by atoms with Crippen molar-refractivity contribution in [2.24, 2.45) is 0 Å². The van der Waals surface area contributed by atoms with Gasteiger partial charge in [0.25, 0.3) is 0 Å². The van der Waals surface area contributed by atoms with Gasteiger partial charge in [0, 0.05) is 13.0 Å². The fourth-order valence-electron chi connectivity index (χ4n) is 2.49. The van der Waals surface area contributed by atoms with Gasteiger partial charge in [-0.3, -0.25) is 9.59 Å². The van der Waals surface area contributed by atoms with Crippen LogP contribution in [0.4, 0.5) is 0 Å². The molecule has 0 aliphatic carbocycles. The van der Waals surface area contributed by atoms with Gasteiger partial charge in [-0.2, -0.15) is 0 Å². The van der Waals surface area contributed by atoms with Crippen LogP contribution in [0.2, 0.25) is 0 Å². The predicted octanol–water partition coefficient (Wildman–Crippen LogP) is 3.24. The average molecular weight is 371 g/mol. The second-order valence-corrected chi connectivity index (χ2v) is 6.28. The van der Waals surface area contributed by atoms with E-state index in [1.807, 2.05) is 50.2 Å². The molecule has 0 aliphatic rings. The van der Waals surface area contributed by atoms with Gasteiger partial charge in [0.1, 0.15) is 24.7 Å². The van der Waals surface area contributed by atoms with E-state index in [9.17, 15) is 9.59 Å². The number of carboxylic acid groups (broad SMARTS) is 1. The number of nitrogens with one attached hydrogen (secondary N) is 1. The van der Waals surface area contributed by atoms with Crippen LogP contribution in [0.15, 0.2) is 42.5 Å². The lowest BCUT2D eigenvalue weighted by molar-refractivity contribution is -0.138. The van der Waals surface area contributed by atoms with E-state index in [0.29, 0.717) is 19.8 Å².